The van der Waals surface area contributed by atoms with Crippen molar-refractivity contribution in [2.24, 2.45) is 11.7 Å². The van der Waals surface area contributed by atoms with Crippen molar-refractivity contribution in [3.8, 4) is 0 Å². The van der Waals surface area contributed by atoms with Crippen LogP contribution in [0.1, 0.15) is 38.5 Å². The third kappa shape index (κ3) is 2.52. The molecular weight excluding hydrogens is 216 g/mol. The molecule has 1 amide bonds. The number of nitrogens with two attached hydrogens (primary N) is 1. The van der Waals surface area contributed by atoms with Crippen molar-refractivity contribution < 1.29 is 9.21 Å². The largest absolute Gasteiger partial charge is 0.467 e. The summed E-state index contributed by atoms with van der Waals surface area (Å²) >= 11 is 0. The van der Waals surface area contributed by atoms with Crippen LogP contribution >= 0.6 is 0 Å². The molecule has 1 saturated heterocycles. The van der Waals surface area contributed by atoms with Crippen LogP contribution in [-0.2, 0) is 4.79 Å². The molecule has 2 rings (SSSR count). The first-order valence-electron chi connectivity index (χ1n) is 6.18. The van der Waals surface area contributed by atoms with E-state index in [0.717, 1.165) is 18.7 Å². The van der Waals surface area contributed by atoms with E-state index in [-0.39, 0.29) is 18.0 Å². The summed E-state index contributed by atoms with van der Waals surface area (Å²) in [4.78, 5) is 13.9. The maximum atomic E-state index is 12.0. The summed E-state index contributed by atoms with van der Waals surface area (Å²) in [6, 6.07) is 3.61. The van der Waals surface area contributed by atoms with E-state index >= 15 is 0 Å². The Morgan fingerprint density at radius 1 is 1.59 bits per heavy atom. The van der Waals surface area contributed by atoms with E-state index in [2.05, 4.69) is 13.8 Å². The molecule has 1 aliphatic rings. The van der Waals surface area contributed by atoms with Gasteiger partial charge in [-0.15, -0.1) is 0 Å². The number of piperidine rings is 1. The van der Waals surface area contributed by atoms with Crippen LogP contribution in [0.15, 0.2) is 22.8 Å². The summed E-state index contributed by atoms with van der Waals surface area (Å²) in [6.07, 6.45) is 2.92. The number of carbonyl (C=O) groups is 1. The maximum Gasteiger partial charge on any atom is 0.223 e. The number of amides is 1. The van der Waals surface area contributed by atoms with Crippen LogP contribution in [0.3, 0.4) is 0 Å². The quantitative estimate of drug-likeness (QED) is 0.872. The molecule has 0 bridgehead atoms. The molecule has 1 aromatic rings. The predicted molar refractivity (Wildman–Crippen MR) is 65.2 cm³/mol. The average molecular weight is 236 g/mol. The van der Waals surface area contributed by atoms with Crippen molar-refractivity contribution in [1.82, 2.24) is 4.90 Å². The van der Waals surface area contributed by atoms with Gasteiger partial charge in [0.25, 0.3) is 0 Å². The Bertz CT molecular complexity index is 373. The summed E-state index contributed by atoms with van der Waals surface area (Å²) in [5.41, 5.74) is 6.14. The topological polar surface area (TPSA) is 59.5 Å². The van der Waals surface area contributed by atoms with E-state index in [4.69, 9.17) is 10.2 Å². The number of nitrogens with zero attached hydrogens (tertiary/aromatic N) is 1. The fourth-order valence-corrected chi connectivity index (χ4v) is 2.41. The molecule has 2 unspecified atom stereocenters. The smallest absolute Gasteiger partial charge is 0.223 e. The van der Waals surface area contributed by atoms with Gasteiger partial charge in [0, 0.05) is 19.0 Å². The monoisotopic (exact) mass is 236 g/mol. The number of carbonyl (C=O) groups excluding carboxylic acids is 1. The summed E-state index contributed by atoms with van der Waals surface area (Å²) in [5.74, 6) is 1.41. The van der Waals surface area contributed by atoms with Gasteiger partial charge in [0.05, 0.1) is 6.26 Å². The summed E-state index contributed by atoms with van der Waals surface area (Å²) in [6.45, 7) is 4.94. The molecule has 1 aromatic heterocycles. The van der Waals surface area contributed by atoms with Crippen LogP contribution in [0, 0.1) is 5.92 Å². The minimum absolute atomic E-state index is 0.0300. The van der Waals surface area contributed by atoms with Crippen molar-refractivity contribution >= 4 is 5.91 Å². The molecular formula is C13H20N2O2. The van der Waals surface area contributed by atoms with Crippen LogP contribution in [0.5, 0.6) is 0 Å². The van der Waals surface area contributed by atoms with Crippen LogP contribution in [0.2, 0.25) is 0 Å². The highest BCUT2D eigenvalue weighted by Crippen LogP contribution is 2.31. The molecule has 2 heterocycles. The Labute approximate surface area is 102 Å². The van der Waals surface area contributed by atoms with Crippen LogP contribution in [-0.4, -0.2) is 23.4 Å². The Morgan fingerprint density at radius 3 is 2.94 bits per heavy atom. The normalized spacial score (nSPS) is 25.6. The minimum atomic E-state index is -0.103. The standard InChI is InChI=1S/C13H20N2O2/c1-9(2)8-15-12(16)6-5-10(14)13(15)11-4-3-7-17-11/h3-4,7,9-10,13H,5-6,8,14H2,1-2H3. The Morgan fingerprint density at radius 2 is 2.35 bits per heavy atom. The molecule has 0 spiro atoms. The first-order valence-corrected chi connectivity index (χ1v) is 6.18. The van der Waals surface area contributed by atoms with E-state index in [1.165, 1.54) is 0 Å². The molecule has 0 aromatic carbocycles. The zero-order valence-electron chi connectivity index (χ0n) is 10.4. The van der Waals surface area contributed by atoms with Gasteiger partial charge in [-0.1, -0.05) is 13.8 Å². The van der Waals surface area contributed by atoms with Gasteiger partial charge in [-0.25, -0.2) is 0 Å². The van der Waals surface area contributed by atoms with Gasteiger partial charge in [0.15, 0.2) is 0 Å². The number of furan rings is 1. The van der Waals surface area contributed by atoms with Gasteiger partial charge in [0.2, 0.25) is 5.91 Å². The van der Waals surface area contributed by atoms with E-state index in [9.17, 15) is 4.79 Å². The first kappa shape index (κ1) is 12.2. The number of hydrogen-bond donors (Lipinski definition) is 1. The van der Waals surface area contributed by atoms with E-state index in [1.54, 1.807) is 6.26 Å². The van der Waals surface area contributed by atoms with Gasteiger partial charge < -0.3 is 15.1 Å². The Balaban J connectivity index is 2.25. The summed E-state index contributed by atoms with van der Waals surface area (Å²) in [7, 11) is 0. The van der Waals surface area contributed by atoms with Gasteiger partial charge in [0.1, 0.15) is 11.8 Å². The van der Waals surface area contributed by atoms with Gasteiger partial charge in [-0.05, 0) is 24.5 Å². The Hall–Kier alpha value is -1.29. The van der Waals surface area contributed by atoms with Crippen LogP contribution in [0.4, 0.5) is 0 Å². The van der Waals surface area contributed by atoms with Gasteiger partial charge >= 0.3 is 0 Å². The third-order valence-electron chi connectivity index (χ3n) is 3.15. The highest BCUT2D eigenvalue weighted by molar-refractivity contribution is 5.77. The summed E-state index contributed by atoms with van der Waals surface area (Å²) in [5, 5.41) is 0. The van der Waals surface area contributed by atoms with Crippen molar-refractivity contribution in [1.29, 1.82) is 0 Å². The third-order valence-corrected chi connectivity index (χ3v) is 3.15. The van der Waals surface area contributed by atoms with Gasteiger partial charge in [-0.2, -0.15) is 0 Å². The lowest BCUT2D eigenvalue weighted by molar-refractivity contribution is -0.138. The molecule has 0 radical (unpaired) electrons. The second-order valence-corrected chi connectivity index (χ2v) is 5.10. The average Bonchev–Trinajstić information content (AvgIpc) is 2.76. The molecule has 0 saturated carbocycles. The first-order chi connectivity index (χ1) is 8.09. The molecule has 1 fully saturated rings. The molecule has 17 heavy (non-hydrogen) atoms. The lowest BCUT2D eigenvalue weighted by atomic mass is 9.93. The second kappa shape index (κ2) is 4.92. The number of hydrogen-bond acceptors (Lipinski definition) is 3. The lowest BCUT2D eigenvalue weighted by Gasteiger charge is -2.39. The fourth-order valence-electron chi connectivity index (χ4n) is 2.41. The number of rotatable bonds is 3. The zero-order valence-corrected chi connectivity index (χ0v) is 10.4. The van der Waals surface area contributed by atoms with E-state index in [0.29, 0.717) is 12.3 Å². The molecule has 2 N–H and O–H groups in total. The number of likely N-dealkylation sites (tertiary alicyclic amines) is 1. The molecule has 94 valence electrons. The predicted octanol–water partition coefficient (Wildman–Crippen LogP) is 1.93. The molecule has 2 atom stereocenters. The maximum absolute atomic E-state index is 12.0. The molecule has 4 nitrogen and oxygen atoms in total. The van der Waals surface area contributed by atoms with Crippen LogP contribution < -0.4 is 5.73 Å². The van der Waals surface area contributed by atoms with E-state index in [1.807, 2.05) is 17.0 Å². The SMILES string of the molecule is CC(C)CN1C(=O)CCC(N)C1c1ccco1. The van der Waals surface area contributed by atoms with Crippen molar-refractivity contribution in [2.45, 2.75) is 38.8 Å². The van der Waals surface area contributed by atoms with Crippen molar-refractivity contribution in [3.05, 3.63) is 24.2 Å². The fraction of sp³-hybridized carbons (Fsp3) is 0.615. The highest BCUT2D eigenvalue weighted by atomic mass is 16.3. The second-order valence-electron chi connectivity index (χ2n) is 5.10. The molecule has 0 aliphatic carbocycles. The van der Waals surface area contributed by atoms with E-state index < -0.39 is 0 Å². The highest BCUT2D eigenvalue weighted by Gasteiger charge is 2.36. The van der Waals surface area contributed by atoms with Crippen molar-refractivity contribution in [2.75, 3.05) is 6.54 Å². The molecule has 4 heteroatoms. The summed E-state index contributed by atoms with van der Waals surface area (Å²) < 4.78 is 5.43. The molecule has 1 aliphatic heterocycles. The van der Waals surface area contributed by atoms with Crippen LogP contribution in [0.25, 0.3) is 0 Å². The van der Waals surface area contributed by atoms with Gasteiger partial charge in [-0.3, -0.25) is 4.79 Å². The Kier molecular flexibility index (Phi) is 3.52. The lowest BCUT2D eigenvalue weighted by Crippen LogP contribution is -2.49. The van der Waals surface area contributed by atoms with Crippen molar-refractivity contribution in [3.63, 3.8) is 0 Å². The minimum Gasteiger partial charge on any atom is -0.467 e. The zero-order chi connectivity index (χ0) is 12.4.